The minimum atomic E-state index is -0.668. The number of alkyl halides is 1. The number of nitrogens with two attached hydrogens (primary N) is 1. The molecule has 3 fully saturated rings. The molecule has 2 aromatic rings. The molecular formula is C25H29ClN4O4S. The number of fused-ring (bicyclic) bond motifs is 1. The Morgan fingerprint density at radius 1 is 1.29 bits per heavy atom. The Bertz CT molecular complexity index is 1150. The minimum Gasteiger partial charge on any atom is -0.366 e. The Hall–Kier alpha value is -2.36. The van der Waals surface area contributed by atoms with Gasteiger partial charge in [0.25, 0.3) is 5.91 Å². The van der Waals surface area contributed by atoms with E-state index < -0.39 is 29.3 Å². The third kappa shape index (κ3) is 4.49. The molecule has 0 unspecified atom stereocenters. The van der Waals surface area contributed by atoms with Crippen molar-refractivity contribution >= 4 is 40.5 Å². The molecule has 2 aromatic heterocycles. The first-order valence-electron chi connectivity index (χ1n) is 12.2. The fourth-order valence-electron chi connectivity index (χ4n) is 5.73. The van der Waals surface area contributed by atoms with E-state index in [2.05, 4.69) is 10.2 Å². The predicted molar refractivity (Wildman–Crippen MR) is 132 cm³/mol. The second-order valence-electron chi connectivity index (χ2n) is 9.63. The highest BCUT2D eigenvalue weighted by Gasteiger charge is 2.53. The molecule has 8 nitrogen and oxygen atoms in total. The number of carbonyl (C=O) groups is 3. The Morgan fingerprint density at radius 3 is 2.77 bits per heavy atom. The lowest BCUT2D eigenvalue weighted by molar-refractivity contribution is -0.139. The van der Waals surface area contributed by atoms with E-state index in [1.54, 1.807) is 11.1 Å². The molecule has 4 heterocycles. The molecule has 1 saturated carbocycles. The molecule has 0 radical (unpaired) electrons. The summed E-state index contributed by atoms with van der Waals surface area (Å²) in [5.74, 6) is -1.40. The summed E-state index contributed by atoms with van der Waals surface area (Å²) < 4.78 is 5.60. The van der Waals surface area contributed by atoms with Crippen molar-refractivity contribution < 1.29 is 19.1 Å². The van der Waals surface area contributed by atoms with Gasteiger partial charge in [-0.15, -0.1) is 28.0 Å². The number of aryl methyl sites for hydroxylation is 1. The maximum absolute atomic E-state index is 14.2. The van der Waals surface area contributed by atoms with Gasteiger partial charge < -0.3 is 15.4 Å². The number of primary amides is 1. The number of amides is 2. The molecule has 4 atom stereocenters. The second-order valence-corrected chi connectivity index (χ2v) is 11.2. The van der Waals surface area contributed by atoms with Gasteiger partial charge in [0.2, 0.25) is 5.91 Å². The molecule has 0 spiro atoms. The van der Waals surface area contributed by atoms with Gasteiger partial charge in [-0.05, 0) is 48.4 Å². The Labute approximate surface area is 213 Å². The first kappa shape index (κ1) is 24.3. The van der Waals surface area contributed by atoms with Crippen LogP contribution in [-0.4, -0.2) is 63.4 Å². The van der Waals surface area contributed by atoms with Crippen LogP contribution in [0.1, 0.15) is 65.7 Å². The zero-order valence-corrected chi connectivity index (χ0v) is 21.2. The Balaban J connectivity index is 1.58. The molecule has 0 aromatic carbocycles. The molecule has 3 aliphatic rings. The number of thiophene rings is 1. The largest absolute Gasteiger partial charge is 0.366 e. The number of hydrogen-bond donors (Lipinski definition) is 1. The number of ether oxygens (including phenoxy) is 1. The van der Waals surface area contributed by atoms with Crippen molar-refractivity contribution in [1.29, 1.82) is 0 Å². The van der Waals surface area contributed by atoms with Crippen molar-refractivity contribution in [2.24, 2.45) is 11.7 Å². The summed E-state index contributed by atoms with van der Waals surface area (Å²) in [6, 6.07) is 3.16. The van der Waals surface area contributed by atoms with Crippen molar-refractivity contribution in [3.63, 3.8) is 0 Å². The number of Topliss-reactive ketones (excluding diaryl/α,β-unsaturated/α-hetero) is 1. The molecular weight excluding hydrogens is 488 g/mol. The first-order chi connectivity index (χ1) is 16.9. The highest BCUT2D eigenvalue weighted by molar-refractivity contribution is 7.17. The summed E-state index contributed by atoms with van der Waals surface area (Å²) >= 11 is 7.74. The molecule has 2 saturated heterocycles. The standard InChI is InChI=1S/C25H29ClN4O4S/c1-2-13-8-17(29-28-10-13)19-9-15(23(35-19)24(27)32)20(14-6-4-3-5-7-14)25(33)30-11-16(26)22-21(30)18(31)12-34-22/h8-10,14,16,20-22H,2-7,11-12H2,1H3,(H2,27,32)/t16-,20-,21+,22+/m0/s1. The summed E-state index contributed by atoms with van der Waals surface area (Å²) in [5.41, 5.74) is 8.13. The fraction of sp³-hybridized carbons (Fsp3) is 0.560. The van der Waals surface area contributed by atoms with Crippen molar-refractivity contribution in [3.8, 4) is 10.6 Å². The van der Waals surface area contributed by atoms with E-state index in [1.165, 1.54) is 11.3 Å². The molecule has 1 aliphatic carbocycles. The molecule has 2 amide bonds. The lowest BCUT2D eigenvalue weighted by Gasteiger charge is -2.34. The SMILES string of the molecule is CCc1cnnc(-c2cc([C@@H](C(=O)N3C[C@H](Cl)[C@H]4OCC(=O)[C@H]43)C3CCCCC3)c(C(N)=O)s2)c1. The van der Waals surface area contributed by atoms with Gasteiger partial charge in [0, 0.05) is 6.54 Å². The quantitative estimate of drug-likeness (QED) is 0.589. The van der Waals surface area contributed by atoms with Gasteiger partial charge in [-0.25, -0.2) is 0 Å². The van der Waals surface area contributed by atoms with E-state index in [9.17, 15) is 14.4 Å². The van der Waals surface area contributed by atoms with Crippen molar-refractivity contribution in [1.82, 2.24) is 15.1 Å². The maximum Gasteiger partial charge on any atom is 0.259 e. The van der Waals surface area contributed by atoms with Crippen LogP contribution in [0.25, 0.3) is 10.6 Å². The average Bonchev–Trinajstić information content (AvgIpc) is 3.56. The molecule has 5 rings (SSSR count). The van der Waals surface area contributed by atoms with Crippen molar-refractivity contribution in [2.45, 2.75) is 68.9 Å². The normalized spacial score (nSPS) is 25.6. The summed E-state index contributed by atoms with van der Waals surface area (Å²) in [6.45, 7) is 2.25. The Kier molecular flexibility index (Phi) is 6.92. The summed E-state index contributed by atoms with van der Waals surface area (Å²) in [6.07, 6.45) is 6.96. The van der Waals surface area contributed by atoms with Crippen LogP contribution in [-0.2, 0) is 20.7 Å². The van der Waals surface area contributed by atoms with Crippen LogP contribution >= 0.6 is 22.9 Å². The number of halogens is 1. The summed E-state index contributed by atoms with van der Waals surface area (Å²) in [5, 5.41) is 7.92. The van der Waals surface area contributed by atoms with E-state index in [0.717, 1.165) is 49.0 Å². The molecule has 2 aliphatic heterocycles. The number of carbonyl (C=O) groups excluding carboxylic acids is 3. The van der Waals surface area contributed by atoms with E-state index in [-0.39, 0.29) is 30.8 Å². The van der Waals surface area contributed by atoms with Gasteiger partial charge in [-0.1, -0.05) is 26.2 Å². The summed E-state index contributed by atoms with van der Waals surface area (Å²) in [4.78, 5) is 42.1. The average molecular weight is 517 g/mol. The van der Waals surface area contributed by atoms with Gasteiger partial charge in [-0.2, -0.15) is 5.10 Å². The highest BCUT2D eigenvalue weighted by atomic mass is 35.5. The fourth-order valence-corrected chi connectivity index (χ4v) is 7.11. The molecule has 186 valence electrons. The third-order valence-electron chi connectivity index (χ3n) is 7.48. The van der Waals surface area contributed by atoms with E-state index in [4.69, 9.17) is 22.1 Å². The van der Waals surface area contributed by atoms with Gasteiger partial charge >= 0.3 is 0 Å². The van der Waals surface area contributed by atoms with Gasteiger partial charge in [0.05, 0.1) is 27.2 Å². The van der Waals surface area contributed by atoms with Crippen LogP contribution in [0.3, 0.4) is 0 Å². The van der Waals surface area contributed by atoms with Crippen LogP contribution < -0.4 is 5.73 Å². The van der Waals surface area contributed by atoms with Crippen LogP contribution in [0.15, 0.2) is 18.3 Å². The van der Waals surface area contributed by atoms with Crippen molar-refractivity contribution in [2.75, 3.05) is 13.2 Å². The monoisotopic (exact) mass is 516 g/mol. The summed E-state index contributed by atoms with van der Waals surface area (Å²) in [7, 11) is 0. The zero-order valence-electron chi connectivity index (χ0n) is 19.6. The van der Waals surface area contributed by atoms with Gasteiger partial charge in [0.1, 0.15) is 24.4 Å². The molecule has 10 heteroatoms. The maximum atomic E-state index is 14.2. The van der Waals surface area contributed by atoms with Crippen LogP contribution in [0.4, 0.5) is 0 Å². The molecule has 35 heavy (non-hydrogen) atoms. The van der Waals surface area contributed by atoms with Crippen molar-refractivity contribution in [3.05, 3.63) is 34.3 Å². The number of likely N-dealkylation sites (tertiary alicyclic amines) is 1. The lowest BCUT2D eigenvalue weighted by atomic mass is 9.75. The second kappa shape index (κ2) is 9.95. The number of rotatable bonds is 6. The van der Waals surface area contributed by atoms with E-state index in [1.807, 2.05) is 19.1 Å². The highest BCUT2D eigenvalue weighted by Crippen LogP contribution is 2.44. The van der Waals surface area contributed by atoms with Crippen LogP contribution in [0.5, 0.6) is 0 Å². The third-order valence-corrected chi connectivity index (χ3v) is 9.06. The number of nitrogens with zero attached hydrogens (tertiary/aromatic N) is 3. The van der Waals surface area contributed by atoms with Gasteiger partial charge in [-0.3, -0.25) is 14.4 Å². The Morgan fingerprint density at radius 2 is 2.06 bits per heavy atom. The van der Waals surface area contributed by atoms with E-state index >= 15 is 0 Å². The number of hydrogen-bond acceptors (Lipinski definition) is 7. The number of aromatic nitrogens is 2. The molecule has 2 N–H and O–H groups in total. The number of ketones is 1. The first-order valence-corrected chi connectivity index (χ1v) is 13.5. The van der Waals surface area contributed by atoms with Gasteiger partial charge in [0.15, 0.2) is 5.78 Å². The predicted octanol–water partition coefficient (Wildman–Crippen LogP) is 3.32. The smallest absolute Gasteiger partial charge is 0.259 e. The molecule has 0 bridgehead atoms. The zero-order chi connectivity index (χ0) is 24.7. The topological polar surface area (TPSA) is 115 Å². The van der Waals surface area contributed by atoms with Crippen LogP contribution in [0.2, 0.25) is 0 Å². The van der Waals surface area contributed by atoms with E-state index in [0.29, 0.717) is 16.1 Å². The lowest BCUT2D eigenvalue weighted by Crippen LogP contribution is -2.46. The minimum absolute atomic E-state index is 0.0298. The van der Waals surface area contributed by atoms with Crippen LogP contribution in [0, 0.1) is 5.92 Å².